The number of unbranched alkanes of at least 4 members (excludes halogenated alkanes) is 4. The SMILES string of the molecule is COC(=O)C1=C(C)NC(C)=C(C(=O)OCCCCCCCc2cc(C)no2)C1c1ccccc1[N+](=O)[O-]. The zero-order chi connectivity index (χ0) is 26.9. The van der Waals surface area contributed by atoms with Crippen LogP contribution >= 0.6 is 0 Å². The fraction of sp³-hybridized carbons (Fsp3) is 0.444. The molecule has 37 heavy (non-hydrogen) atoms. The average Bonchev–Trinajstić information content (AvgIpc) is 3.29. The molecule has 2 aromatic rings. The van der Waals surface area contributed by atoms with Crippen molar-refractivity contribution in [1.82, 2.24) is 10.5 Å². The van der Waals surface area contributed by atoms with E-state index >= 15 is 0 Å². The van der Waals surface area contributed by atoms with E-state index < -0.39 is 22.8 Å². The highest BCUT2D eigenvalue weighted by Gasteiger charge is 2.40. The van der Waals surface area contributed by atoms with Gasteiger partial charge in [-0.1, -0.05) is 42.6 Å². The number of hydrogen-bond donors (Lipinski definition) is 1. The van der Waals surface area contributed by atoms with Crippen molar-refractivity contribution < 1.29 is 28.5 Å². The summed E-state index contributed by atoms with van der Waals surface area (Å²) in [5.41, 5.74) is 2.14. The van der Waals surface area contributed by atoms with Crippen LogP contribution in [0.5, 0.6) is 0 Å². The number of aromatic nitrogens is 1. The third-order valence-corrected chi connectivity index (χ3v) is 6.31. The maximum atomic E-state index is 13.2. The number of allylic oxidation sites excluding steroid dienone is 2. The van der Waals surface area contributed by atoms with Gasteiger partial charge in [0.15, 0.2) is 0 Å². The van der Waals surface area contributed by atoms with Crippen LogP contribution in [0.3, 0.4) is 0 Å². The summed E-state index contributed by atoms with van der Waals surface area (Å²) in [4.78, 5) is 37.2. The number of methoxy groups -OCH3 is 1. The number of nitrogens with zero attached hydrogens (tertiary/aromatic N) is 2. The molecule has 0 saturated heterocycles. The Bertz CT molecular complexity index is 1210. The second-order valence-electron chi connectivity index (χ2n) is 9.03. The smallest absolute Gasteiger partial charge is 0.336 e. The standard InChI is InChI=1S/C27H33N3O7/c1-17-16-20(37-29-17)12-8-6-5-7-11-15-36-27(32)24-19(3)28-18(2)23(26(31)35-4)25(24)21-13-9-10-14-22(21)30(33)34/h9-10,13-14,16,25,28H,5-8,11-12,15H2,1-4H3. The molecule has 0 radical (unpaired) electrons. The van der Waals surface area contributed by atoms with Crippen molar-refractivity contribution in [3.8, 4) is 0 Å². The quantitative estimate of drug-likeness (QED) is 0.180. The number of benzene rings is 1. The van der Waals surface area contributed by atoms with Crippen molar-refractivity contribution in [3.63, 3.8) is 0 Å². The summed E-state index contributed by atoms with van der Waals surface area (Å²) < 4.78 is 15.7. The van der Waals surface area contributed by atoms with Crippen LogP contribution in [0.2, 0.25) is 0 Å². The average molecular weight is 512 g/mol. The zero-order valence-corrected chi connectivity index (χ0v) is 21.7. The lowest BCUT2D eigenvalue weighted by atomic mass is 9.79. The summed E-state index contributed by atoms with van der Waals surface area (Å²) in [6, 6.07) is 8.01. The summed E-state index contributed by atoms with van der Waals surface area (Å²) >= 11 is 0. The highest BCUT2D eigenvalue weighted by molar-refractivity contribution is 6.00. The summed E-state index contributed by atoms with van der Waals surface area (Å²) in [5.74, 6) is -1.41. The molecule has 1 atom stereocenters. The van der Waals surface area contributed by atoms with E-state index in [2.05, 4.69) is 10.5 Å². The van der Waals surface area contributed by atoms with Gasteiger partial charge in [0.05, 0.1) is 41.4 Å². The summed E-state index contributed by atoms with van der Waals surface area (Å²) in [6.45, 7) is 5.46. The molecule has 0 fully saturated rings. The number of dihydropyridines is 1. The van der Waals surface area contributed by atoms with Gasteiger partial charge in [0, 0.05) is 35.5 Å². The first kappa shape index (κ1) is 27.6. The Hall–Kier alpha value is -3.95. The molecule has 1 N–H and O–H groups in total. The number of nitro groups is 1. The molecule has 198 valence electrons. The zero-order valence-electron chi connectivity index (χ0n) is 21.7. The summed E-state index contributed by atoms with van der Waals surface area (Å²) in [7, 11) is 1.23. The Balaban J connectivity index is 1.65. The van der Waals surface area contributed by atoms with Gasteiger partial charge in [-0.2, -0.15) is 0 Å². The third-order valence-electron chi connectivity index (χ3n) is 6.31. The van der Waals surface area contributed by atoms with E-state index in [-0.39, 0.29) is 29.0 Å². The van der Waals surface area contributed by atoms with Crippen molar-refractivity contribution in [2.24, 2.45) is 0 Å². The highest BCUT2D eigenvalue weighted by Crippen LogP contribution is 2.42. The van der Waals surface area contributed by atoms with Gasteiger partial charge >= 0.3 is 11.9 Å². The van der Waals surface area contributed by atoms with Crippen LogP contribution in [-0.4, -0.2) is 35.7 Å². The molecule has 1 aromatic carbocycles. The van der Waals surface area contributed by atoms with Crippen LogP contribution in [0.1, 0.15) is 68.9 Å². The molecule has 10 heteroatoms. The van der Waals surface area contributed by atoms with E-state index in [1.165, 1.54) is 19.2 Å². The highest BCUT2D eigenvalue weighted by atomic mass is 16.6. The molecule has 0 saturated carbocycles. The number of aryl methyl sites for hydroxylation is 2. The lowest BCUT2D eigenvalue weighted by Crippen LogP contribution is -2.32. The van der Waals surface area contributed by atoms with Crippen LogP contribution in [0, 0.1) is 17.0 Å². The molecule has 0 spiro atoms. The molecule has 0 aliphatic carbocycles. The summed E-state index contributed by atoms with van der Waals surface area (Å²) in [6.07, 6.45) is 5.42. The molecule has 2 heterocycles. The van der Waals surface area contributed by atoms with Gasteiger partial charge in [0.25, 0.3) is 5.69 Å². The molecule has 1 aromatic heterocycles. The van der Waals surface area contributed by atoms with Crippen LogP contribution in [0.4, 0.5) is 5.69 Å². The van der Waals surface area contributed by atoms with Crippen molar-refractivity contribution in [3.05, 3.63) is 80.0 Å². The lowest BCUT2D eigenvalue weighted by Gasteiger charge is -2.30. The van der Waals surface area contributed by atoms with E-state index in [0.717, 1.165) is 43.6 Å². The van der Waals surface area contributed by atoms with Gasteiger partial charge < -0.3 is 19.3 Å². The number of ether oxygens (including phenoxy) is 2. The van der Waals surface area contributed by atoms with Crippen LogP contribution in [0.15, 0.2) is 57.4 Å². The van der Waals surface area contributed by atoms with E-state index in [1.54, 1.807) is 26.0 Å². The molecular formula is C27H33N3O7. The minimum Gasteiger partial charge on any atom is -0.466 e. The van der Waals surface area contributed by atoms with Crippen molar-refractivity contribution >= 4 is 17.6 Å². The maximum Gasteiger partial charge on any atom is 0.336 e. The second kappa shape index (κ2) is 12.8. The Morgan fingerprint density at radius 1 is 1.03 bits per heavy atom. The van der Waals surface area contributed by atoms with Gasteiger partial charge in [0.2, 0.25) is 0 Å². The molecule has 1 aliphatic heterocycles. The van der Waals surface area contributed by atoms with Gasteiger partial charge in [0.1, 0.15) is 5.76 Å². The predicted molar refractivity (Wildman–Crippen MR) is 135 cm³/mol. The molecule has 1 aliphatic rings. The predicted octanol–water partition coefficient (Wildman–Crippen LogP) is 5.04. The molecule has 0 amide bonds. The Morgan fingerprint density at radius 2 is 1.68 bits per heavy atom. The van der Waals surface area contributed by atoms with Gasteiger partial charge in [-0.25, -0.2) is 9.59 Å². The first-order chi connectivity index (χ1) is 17.7. The monoisotopic (exact) mass is 511 g/mol. The minimum absolute atomic E-state index is 0.135. The van der Waals surface area contributed by atoms with Crippen LogP contribution < -0.4 is 5.32 Å². The summed E-state index contributed by atoms with van der Waals surface area (Å²) in [5, 5.41) is 18.7. The van der Waals surface area contributed by atoms with Gasteiger partial charge in [-0.3, -0.25) is 10.1 Å². The molecule has 0 bridgehead atoms. The number of para-hydroxylation sites is 1. The number of carbonyl (C=O) groups excluding carboxylic acids is 2. The second-order valence-corrected chi connectivity index (χ2v) is 9.03. The number of esters is 2. The first-order valence-corrected chi connectivity index (χ1v) is 12.3. The molecular weight excluding hydrogens is 478 g/mol. The topological polar surface area (TPSA) is 134 Å². The van der Waals surface area contributed by atoms with Gasteiger partial charge in [-0.05, 0) is 33.6 Å². The van der Waals surface area contributed by atoms with Crippen molar-refractivity contribution in [2.75, 3.05) is 13.7 Å². The largest absolute Gasteiger partial charge is 0.466 e. The van der Waals surface area contributed by atoms with Crippen molar-refractivity contribution in [2.45, 2.75) is 65.2 Å². The van der Waals surface area contributed by atoms with Gasteiger partial charge in [-0.15, -0.1) is 0 Å². The van der Waals surface area contributed by atoms with E-state index in [1.807, 2.05) is 13.0 Å². The molecule has 1 unspecified atom stereocenters. The number of nitrogens with one attached hydrogen (secondary N) is 1. The molecule has 10 nitrogen and oxygen atoms in total. The minimum atomic E-state index is -0.998. The number of rotatable bonds is 12. The number of hydrogen-bond acceptors (Lipinski definition) is 9. The van der Waals surface area contributed by atoms with E-state index in [9.17, 15) is 19.7 Å². The van der Waals surface area contributed by atoms with E-state index in [4.69, 9.17) is 14.0 Å². The molecule has 3 rings (SSSR count). The van der Waals surface area contributed by atoms with E-state index in [0.29, 0.717) is 17.8 Å². The van der Waals surface area contributed by atoms with Crippen LogP contribution in [0.25, 0.3) is 0 Å². The fourth-order valence-electron chi connectivity index (χ4n) is 4.56. The lowest BCUT2D eigenvalue weighted by molar-refractivity contribution is -0.385. The Kier molecular flexibility index (Phi) is 9.59. The van der Waals surface area contributed by atoms with Crippen LogP contribution in [-0.2, 0) is 25.5 Å². The maximum absolute atomic E-state index is 13.2. The Morgan fingerprint density at radius 3 is 2.32 bits per heavy atom. The number of carbonyl (C=O) groups is 2. The fourth-order valence-corrected chi connectivity index (χ4v) is 4.56. The normalized spacial score (nSPS) is 15.4. The Labute approximate surface area is 215 Å². The third kappa shape index (κ3) is 6.84. The van der Waals surface area contributed by atoms with Crippen molar-refractivity contribution in [1.29, 1.82) is 0 Å². The first-order valence-electron chi connectivity index (χ1n) is 12.3. The number of nitro benzene ring substituents is 1.